The molecule has 0 aliphatic heterocycles. The molecule has 1 aromatic carbocycles. The summed E-state index contributed by atoms with van der Waals surface area (Å²) in [7, 11) is -3.67. The van der Waals surface area contributed by atoms with E-state index in [1.165, 1.54) is 24.3 Å². The topological polar surface area (TPSA) is 101 Å². The minimum absolute atomic E-state index is 0.0862. The van der Waals surface area contributed by atoms with Crippen LogP contribution in [0.25, 0.3) is 0 Å². The predicted molar refractivity (Wildman–Crippen MR) is 74.0 cm³/mol. The van der Waals surface area contributed by atoms with Gasteiger partial charge < -0.3 is 11.1 Å². The first kappa shape index (κ1) is 15.5. The molecule has 1 amide bonds. The van der Waals surface area contributed by atoms with Gasteiger partial charge in [0.1, 0.15) is 0 Å². The van der Waals surface area contributed by atoms with E-state index in [0.29, 0.717) is 12.2 Å². The van der Waals surface area contributed by atoms with Gasteiger partial charge >= 0.3 is 0 Å². The Morgan fingerprint density at radius 2 is 1.89 bits per heavy atom. The fourth-order valence-corrected chi connectivity index (χ4v) is 2.34. The number of amides is 1. The summed E-state index contributed by atoms with van der Waals surface area (Å²) in [6.45, 7) is 2.30. The maximum atomic E-state index is 11.8. The molecule has 0 fully saturated rings. The molecular formula is C12H19N3O3S. The highest BCUT2D eigenvalue weighted by Crippen LogP contribution is 2.10. The average molecular weight is 285 g/mol. The van der Waals surface area contributed by atoms with Crippen molar-refractivity contribution in [2.45, 2.75) is 24.7 Å². The number of nitrogen functional groups attached to an aromatic ring is 1. The lowest BCUT2D eigenvalue weighted by atomic mass is 10.3. The molecule has 1 aromatic rings. The molecule has 0 aliphatic carbocycles. The number of carbonyl (C=O) groups excluding carboxylic acids is 1. The lowest BCUT2D eigenvalue weighted by Crippen LogP contribution is -2.37. The summed E-state index contributed by atoms with van der Waals surface area (Å²) in [5.41, 5.74) is 5.96. The van der Waals surface area contributed by atoms with Gasteiger partial charge in [-0.15, -0.1) is 0 Å². The summed E-state index contributed by atoms with van der Waals surface area (Å²) in [6, 6.07) is 5.78. The quantitative estimate of drug-likeness (QED) is 0.500. The van der Waals surface area contributed by atoms with E-state index >= 15 is 0 Å². The molecule has 6 nitrogen and oxygen atoms in total. The van der Waals surface area contributed by atoms with Crippen molar-refractivity contribution in [1.82, 2.24) is 10.0 Å². The monoisotopic (exact) mass is 285 g/mol. The van der Waals surface area contributed by atoms with Crippen molar-refractivity contribution in [1.29, 1.82) is 0 Å². The normalized spacial score (nSPS) is 11.2. The summed E-state index contributed by atoms with van der Waals surface area (Å²) in [5.74, 6) is -0.340. The average Bonchev–Trinajstić information content (AvgIpc) is 2.37. The molecule has 0 atom stereocenters. The van der Waals surface area contributed by atoms with E-state index in [0.717, 1.165) is 12.8 Å². The van der Waals surface area contributed by atoms with Gasteiger partial charge in [-0.25, -0.2) is 13.1 Å². The van der Waals surface area contributed by atoms with E-state index in [1.807, 2.05) is 6.92 Å². The smallest absolute Gasteiger partial charge is 0.241 e. The summed E-state index contributed by atoms with van der Waals surface area (Å²) in [5, 5.41) is 2.63. The molecular weight excluding hydrogens is 266 g/mol. The Bertz CT molecular complexity index is 512. The number of carbonyl (C=O) groups is 1. The fraction of sp³-hybridized carbons (Fsp3) is 0.417. The van der Waals surface area contributed by atoms with Crippen LogP contribution in [0, 0.1) is 0 Å². The zero-order valence-corrected chi connectivity index (χ0v) is 11.7. The standard InChI is InChI=1S/C12H19N3O3S/c1-2-3-8-14-12(16)9-15-19(17,18)11-6-4-10(13)5-7-11/h4-7,15H,2-3,8-9,13H2,1H3,(H,14,16). The minimum atomic E-state index is -3.67. The molecule has 0 spiro atoms. The number of nitrogens with one attached hydrogen (secondary N) is 2. The van der Waals surface area contributed by atoms with Crippen LogP contribution in [0.2, 0.25) is 0 Å². The van der Waals surface area contributed by atoms with Crippen LogP contribution in [0.1, 0.15) is 19.8 Å². The molecule has 19 heavy (non-hydrogen) atoms. The van der Waals surface area contributed by atoms with E-state index in [-0.39, 0.29) is 17.3 Å². The van der Waals surface area contributed by atoms with Crippen molar-refractivity contribution in [3.8, 4) is 0 Å². The van der Waals surface area contributed by atoms with Gasteiger partial charge in [-0.3, -0.25) is 4.79 Å². The SMILES string of the molecule is CCCCNC(=O)CNS(=O)(=O)c1ccc(N)cc1. The highest BCUT2D eigenvalue weighted by atomic mass is 32.2. The number of sulfonamides is 1. The maximum Gasteiger partial charge on any atom is 0.241 e. The highest BCUT2D eigenvalue weighted by molar-refractivity contribution is 7.89. The molecule has 0 saturated carbocycles. The first-order valence-corrected chi connectivity index (χ1v) is 7.56. The largest absolute Gasteiger partial charge is 0.399 e. The van der Waals surface area contributed by atoms with Crippen LogP contribution in [0.5, 0.6) is 0 Å². The molecule has 0 bridgehead atoms. The molecule has 0 unspecified atom stereocenters. The van der Waals surface area contributed by atoms with E-state index in [1.54, 1.807) is 0 Å². The third-order valence-electron chi connectivity index (χ3n) is 2.47. The number of hydrogen-bond acceptors (Lipinski definition) is 4. The molecule has 0 heterocycles. The Kier molecular flexibility index (Phi) is 5.78. The van der Waals surface area contributed by atoms with Gasteiger partial charge in [-0.05, 0) is 30.7 Å². The minimum Gasteiger partial charge on any atom is -0.399 e. The van der Waals surface area contributed by atoms with Crippen molar-refractivity contribution < 1.29 is 13.2 Å². The summed E-state index contributed by atoms with van der Waals surface area (Å²) >= 11 is 0. The van der Waals surface area contributed by atoms with E-state index in [2.05, 4.69) is 10.0 Å². The van der Waals surface area contributed by atoms with Crippen molar-refractivity contribution in [3.63, 3.8) is 0 Å². The van der Waals surface area contributed by atoms with Crippen molar-refractivity contribution in [2.75, 3.05) is 18.8 Å². The maximum absolute atomic E-state index is 11.8. The number of rotatable bonds is 7. The van der Waals surface area contributed by atoms with Crippen LogP contribution in [0.15, 0.2) is 29.2 Å². The summed E-state index contributed by atoms with van der Waals surface area (Å²) < 4.78 is 25.9. The van der Waals surface area contributed by atoms with Crippen LogP contribution in [0.4, 0.5) is 5.69 Å². The highest BCUT2D eigenvalue weighted by Gasteiger charge is 2.14. The molecule has 0 aromatic heterocycles. The molecule has 0 aliphatic rings. The third kappa shape index (κ3) is 5.27. The molecule has 7 heteroatoms. The number of nitrogens with two attached hydrogens (primary N) is 1. The summed E-state index contributed by atoms with van der Waals surface area (Å²) in [6.07, 6.45) is 1.84. The number of unbranched alkanes of at least 4 members (excludes halogenated alkanes) is 1. The van der Waals surface area contributed by atoms with Crippen molar-refractivity contribution in [2.24, 2.45) is 0 Å². The lowest BCUT2D eigenvalue weighted by Gasteiger charge is -2.07. The van der Waals surface area contributed by atoms with Crippen LogP contribution < -0.4 is 15.8 Å². The summed E-state index contributed by atoms with van der Waals surface area (Å²) in [4.78, 5) is 11.5. The second-order valence-electron chi connectivity index (χ2n) is 4.10. The van der Waals surface area contributed by atoms with Gasteiger partial charge in [0.15, 0.2) is 0 Å². The van der Waals surface area contributed by atoms with E-state index < -0.39 is 10.0 Å². The molecule has 0 radical (unpaired) electrons. The molecule has 1 rings (SSSR count). The van der Waals surface area contributed by atoms with Crippen LogP contribution in [-0.2, 0) is 14.8 Å². The number of hydrogen-bond donors (Lipinski definition) is 3. The van der Waals surface area contributed by atoms with Gasteiger partial charge in [0.2, 0.25) is 15.9 Å². The van der Waals surface area contributed by atoms with Gasteiger partial charge in [0, 0.05) is 12.2 Å². The zero-order valence-electron chi connectivity index (χ0n) is 10.8. The van der Waals surface area contributed by atoms with Gasteiger partial charge in [0.25, 0.3) is 0 Å². The van der Waals surface area contributed by atoms with Gasteiger partial charge in [-0.1, -0.05) is 13.3 Å². The van der Waals surface area contributed by atoms with Crippen molar-refractivity contribution in [3.05, 3.63) is 24.3 Å². The first-order chi connectivity index (χ1) is 8.95. The van der Waals surface area contributed by atoms with Crippen LogP contribution in [-0.4, -0.2) is 27.4 Å². The van der Waals surface area contributed by atoms with Crippen LogP contribution in [0.3, 0.4) is 0 Å². The van der Waals surface area contributed by atoms with Gasteiger partial charge in [-0.2, -0.15) is 0 Å². The first-order valence-electron chi connectivity index (χ1n) is 6.07. The Balaban J connectivity index is 2.51. The predicted octanol–water partition coefficient (Wildman–Crippen LogP) is 0.463. The molecule has 4 N–H and O–H groups in total. The Morgan fingerprint density at radius 1 is 1.26 bits per heavy atom. The zero-order chi connectivity index (χ0) is 14.3. The second kappa shape index (κ2) is 7.10. The van der Waals surface area contributed by atoms with E-state index in [9.17, 15) is 13.2 Å². The number of anilines is 1. The lowest BCUT2D eigenvalue weighted by molar-refractivity contribution is -0.119. The third-order valence-corrected chi connectivity index (χ3v) is 3.88. The second-order valence-corrected chi connectivity index (χ2v) is 5.86. The Hall–Kier alpha value is -1.60. The Morgan fingerprint density at radius 3 is 2.47 bits per heavy atom. The molecule has 0 saturated heterocycles. The van der Waals surface area contributed by atoms with Gasteiger partial charge in [0.05, 0.1) is 11.4 Å². The van der Waals surface area contributed by atoms with E-state index in [4.69, 9.17) is 5.73 Å². The fourth-order valence-electron chi connectivity index (χ4n) is 1.36. The Labute approximate surface area is 113 Å². The molecule has 106 valence electrons. The number of benzene rings is 1. The van der Waals surface area contributed by atoms with Crippen LogP contribution >= 0.6 is 0 Å². The van der Waals surface area contributed by atoms with Crippen molar-refractivity contribution >= 4 is 21.6 Å².